The smallest absolute Gasteiger partial charge is 1.00 e. The molecule has 2 aliphatic rings. The van der Waals surface area contributed by atoms with Crippen LogP contribution in [0.25, 0.3) is 0 Å². The third kappa shape index (κ3) is 3.05. The van der Waals surface area contributed by atoms with E-state index in [4.69, 9.17) is 0 Å². The molecule has 0 amide bonds. The summed E-state index contributed by atoms with van der Waals surface area (Å²) in [4.78, 5) is 0. The molecule has 0 heterocycles. The molecule has 0 aromatic heterocycles. The predicted octanol–water partition coefficient (Wildman–Crippen LogP) is 1.49. The van der Waals surface area contributed by atoms with Crippen molar-refractivity contribution in [2.24, 2.45) is 16.7 Å². The quantitative estimate of drug-likeness (QED) is 0.613. The third-order valence-electron chi connectivity index (χ3n) is 6.04. The van der Waals surface area contributed by atoms with Crippen LogP contribution in [0.5, 0.6) is 0 Å². The summed E-state index contributed by atoms with van der Waals surface area (Å²) in [5, 5.41) is 10.6. The second-order valence-electron chi connectivity index (χ2n) is 6.97. The van der Waals surface area contributed by atoms with Crippen molar-refractivity contribution in [2.75, 3.05) is 0 Å². The van der Waals surface area contributed by atoms with Crippen molar-refractivity contribution in [2.45, 2.75) is 79.3 Å². The maximum atomic E-state index is 10.6. The van der Waals surface area contributed by atoms with Crippen LogP contribution < -0.4 is 17.0 Å². The average molecular weight is 447 g/mol. The molecule has 2 saturated carbocycles. The Kier molecular flexibility index (Phi) is 6.73. The summed E-state index contributed by atoms with van der Waals surface area (Å²) in [6.45, 7) is 9.62. The molecule has 3 atom stereocenters. The molecule has 19 heavy (non-hydrogen) atoms. The number of hydrogen-bond acceptors (Lipinski definition) is 1. The summed E-state index contributed by atoms with van der Waals surface area (Å²) < 4.78 is 4.43. The van der Waals surface area contributed by atoms with Gasteiger partial charge in [0.25, 0.3) is 0 Å². The molecule has 3 heteroatoms. The van der Waals surface area contributed by atoms with Crippen molar-refractivity contribution >= 4 is 19.6 Å². The van der Waals surface area contributed by atoms with Gasteiger partial charge in [0.05, 0.1) is 0 Å². The van der Waals surface area contributed by atoms with Crippen LogP contribution in [0.3, 0.4) is 0 Å². The molecule has 2 fully saturated rings. The molecular formula is C16H31BrOTe. The number of fused-ring (bicyclic) bond motifs is 2. The van der Waals surface area contributed by atoms with Crippen molar-refractivity contribution in [3.05, 3.63) is 0 Å². The standard InChI is InChI=1S/C16H31OTe.BrH/c1-5-7-10-18(6-2)12-16-9-8-13(11-14(16)17)15(16,3)4;/h13-14,17H,5-12H2,1-4H3;1H/q+1;/p-1. The zero-order chi connectivity index (χ0) is 13.4. The first-order chi connectivity index (χ1) is 8.48. The minimum atomic E-state index is -0.948. The minimum Gasteiger partial charge on any atom is -1.00 e. The van der Waals surface area contributed by atoms with Gasteiger partial charge in [-0.3, -0.25) is 0 Å². The van der Waals surface area contributed by atoms with Crippen molar-refractivity contribution in [3.63, 3.8) is 0 Å². The number of aliphatic hydroxyl groups excluding tert-OH is 1. The Morgan fingerprint density at radius 2 is 1.95 bits per heavy atom. The Morgan fingerprint density at radius 3 is 2.37 bits per heavy atom. The number of halogens is 1. The van der Waals surface area contributed by atoms with Crippen molar-refractivity contribution < 1.29 is 22.1 Å². The summed E-state index contributed by atoms with van der Waals surface area (Å²) in [6, 6.07) is 0. The average Bonchev–Trinajstić information content (AvgIpc) is 2.68. The van der Waals surface area contributed by atoms with Gasteiger partial charge in [0.1, 0.15) is 0 Å². The van der Waals surface area contributed by atoms with E-state index in [0.29, 0.717) is 10.8 Å². The molecule has 2 rings (SSSR count). The molecule has 2 aliphatic carbocycles. The van der Waals surface area contributed by atoms with Crippen LogP contribution in [0.1, 0.15) is 59.8 Å². The second kappa shape index (κ2) is 6.99. The fourth-order valence-corrected chi connectivity index (χ4v) is 12.3. The number of rotatable bonds is 6. The zero-order valence-electron chi connectivity index (χ0n) is 13.0. The van der Waals surface area contributed by atoms with Crippen LogP contribution in [0, 0.1) is 16.7 Å². The summed E-state index contributed by atoms with van der Waals surface area (Å²) in [7, 11) is 0. The Labute approximate surface area is 137 Å². The fourth-order valence-electron chi connectivity index (χ4n) is 4.41. The van der Waals surface area contributed by atoms with Gasteiger partial charge in [-0.15, -0.1) is 0 Å². The maximum Gasteiger partial charge on any atom is -1.00 e. The molecule has 0 aromatic carbocycles. The Hall–Kier alpha value is 1.23. The van der Waals surface area contributed by atoms with Gasteiger partial charge in [0, 0.05) is 0 Å². The Balaban J connectivity index is 0.00000180. The van der Waals surface area contributed by atoms with Gasteiger partial charge < -0.3 is 17.0 Å². The van der Waals surface area contributed by atoms with Gasteiger partial charge >= 0.3 is 121 Å². The van der Waals surface area contributed by atoms with E-state index >= 15 is 0 Å². The summed E-state index contributed by atoms with van der Waals surface area (Å²) in [5.41, 5.74) is 0.727. The van der Waals surface area contributed by atoms with Gasteiger partial charge in [-0.1, -0.05) is 0 Å². The largest absolute Gasteiger partial charge is 1.00 e. The summed E-state index contributed by atoms with van der Waals surface area (Å²) in [5.74, 6) is 0.801. The molecule has 114 valence electrons. The first-order valence-electron chi connectivity index (χ1n) is 7.80. The van der Waals surface area contributed by atoms with E-state index < -0.39 is 19.6 Å². The van der Waals surface area contributed by atoms with Crippen LogP contribution in [0.4, 0.5) is 0 Å². The number of hydrogen-bond donors (Lipinski definition) is 1. The van der Waals surface area contributed by atoms with Crippen LogP contribution in [-0.2, 0) is 0 Å². The third-order valence-corrected chi connectivity index (χ3v) is 13.5. The molecule has 0 aliphatic heterocycles. The van der Waals surface area contributed by atoms with Crippen LogP contribution in [0.15, 0.2) is 0 Å². The summed E-state index contributed by atoms with van der Waals surface area (Å²) >= 11 is -0.948. The van der Waals surface area contributed by atoms with E-state index in [1.54, 1.807) is 0 Å². The zero-order valence-corrected chi connectivity index (χ0v) is 17.0. The van der Waals surface area contributed by atoms with Gasteiger partial charge in [-0.2, -0.15) is 0 Å². The molecule has 0 radical (unpaired) electrons. The van der Waals surface area contributed by atoms with Gasteiger partial charge in [0.15, 0.2) is 0 Å². The van der Waals surface area contributed by atoms with E-state index in [2.05, 4.69) is 27.7 Å². The Bertz CT molecular complexity index is 294. The van der Waals surface area contributed by atoms with Gasteiger partial charge in [0.2, 0.25) is 0 Å². The SMILES string of the molecule is CCCC[Te+](CC)CC12CCC(CC1O)C2(C)C.[Br-]. The second-order valence-corrected chi connectivity index (χ2v) is 14.1. The number of unbranched alkanes of at least 4 members (excludes halogenated alkanes) is 1. The molecule has 1 N–H and O–H groups in total. The van der Waals surface area contributed by atoms with E-state index in [9.17, 15) is 5.11 Å². The normalized spacial score (nSPS) is 35.7. The molecular weight excluding hydrogens is 416 g/mol. The predicted molar refractivity (Wildman–Crippen MR) is 80.3 cm³/mol. The van der Waals surface area contributed by atoms with E-state index in [1.165, 1.54) is 39.1 Å². The van der Waals surface area contributed by atoms with Crippen molar-refractivity contribution in [3.8, 4) is 0 Å². The van der Waals surface area contributed by atoms with E-state index in [-0.39, 0.29) is 23.1 Å². The van der Waals surface area contributed by atoms with Crippen molar-refractivity contribution in [1.29, 1.82) is 0 Å². The van der Waals surface area contributed by atoms with Crippen LogP contribution in [-0.4, -0.2) is 30.8 Å². The van der Waals surface area contributed by atoms with Crippen LogP contribution >= 0.6 is 0 Å². The Morgan fingerprint density at radius 1 is 1.26 bits per heavy atom. The molecule has 0 saturated heterocycles. The molecule has 0 aromatic rings. The van der Waals surface area contributed by atoms with Crippen LogP contribution in [0.2, 0.25) is 13.4 Å². The summed E-state index contributed by atoms with van der Waals surface area (Å²) in [6.07, 6.45) is 6.59. The fraction of sp³-hybridized carbons (Fsp3) is 1.00. The minimum absolute atomic E-state index is 0. The van der Waals surface area contributed by atoms with E-state index in [0.717, 1.165) is 12.3 Å². The first-order valence-corrected chi connectivity index (χ1v) is 12.7. The monoisotopic (exact) mass is 448 g/mol. The van der Waals surface area contributed by atoms with Gasteiger partial charge in [-0.05, 0) is 0 Å². The molecule has 1 nitrogen and oxygen atoms in total. The molecule has 0 spiro atoms. The maximum absolute atomic E-state index is 10.6. The van der Waals surface area contributed by atoms with E-state index in [1.807, 2.05) is 0 Å². The van der Waals surface area contributed by atoms with Crippen molar-refractivity contribution in [1.82, 2.24) is 0 Å². The molecule has 3 unspecified atom stereocenters. The van der Waals surface area contributed by atoms with Gasteiger partial charge in [-0.25, -0.2) is 0 Å². The molecule has 2 bridgehead atoms. The number of aliphatic hydroxyl groups is 1. The first kappa shape index (κ1) is 18.3. The topological polar surface area (TPSA) is 20.2 Å².